The van der Waals surface area contributed by atoms with E-state index in [9.17, 15) is 18.0 Å². The maximum atomic E-state index is 12.0. The van der Waals surface area contributed by atoms with E-state index in [2.05, 4.69) is 15.4 Å². The van der Waals surface area contributed by atoms with E-state index >= 15 is 0 Å². The number of nitrogens with one attached hydrogen (secondary N) is 2. The molecule has 1 aliphatic rings. The monoisotopic (exact) mass is 304 g/mol. The number of carbonyl (C=O) groups is 1. The van der Waals surface area contributed by atoms with Crippen molar-refractivity contribution in [2.45, 2.75) is 18.5 Å². The molecule has 0 aromatic heterocycles. The zero-order valence-corrected chi connectivity index (χ0v) is 11.2. The minimum atomic E-state index is -4.75. The van der Waals surface area contributed by atoms with Gasteiger partial charge in [0.1, 0.15) is 5.75 Å². The van der Waals surface area contributed by atoms with E-state index in [-0.39, 0.29) is 29.4 Å². The zero-order valence-electron chi connectivity index (χ0n) is 11.2. The van der Waals surface area contributed by atoms with Crippen LogP contribution in [0, 0.1) is 0 Å². The van der Waals surface area contributed by atoms with Gasteiger partial charge in [0.25, 0.3) is 5.91 Å². The Morgan fingerprint density at radius 3 is 2.52 bits per heavy atom. The van der Waals surface area contributed by atoms with Crippen molar-refractivity contribution in [3.63, 3.8) is 0 Å². The van der Waals surface area contributed by atoms with Crippen LogP contribution in [0.1, 0.15) is 10.4 Å². The summed E-state index contributed by atoms with van der Waals surface area (Å²) in [4.78, 5) is 12.0. The molecular formula is C13H15F3N2O3. The summed E-state index contributed by atoms with van der Waals surface area (Å²) in [6.45, 7) is 1.22. The summed E-state index contributed by atoms with van der Waals surface area (Å²) in [6.07, 6.45) is -4.87. The van der Waals surface area contributed by atoms with Crippen LogP contribution in [0.4, 0.5) is 13.2 Å². The number of alkyl halides is 3. The van der Waals surface area contributed by atoms with Gasteiger partial charge in [-0.25, -0.2) is 0 Å². The molecule has 1 aromatic carbocycles. The first-order chi connectivity index (χ1) is 9.89. The maximum absolute atomic E-state index is 12.0. The van der Waals surface area contributed by atoms with Gasteiger partial charge in [0, 0.05) is 25.8 Å². The number of benzene rings is 1. The average molecular weight is 304 g/mol. The normalized spacial score (nSPS) is 22.1. The Bertz CT molecular complexity index is 490. The lowest BCUT2D eigenvalue weighted by molar-refractivity contribution is -0.274. The van der Waals surface area contributed by atoms with Crippen molar-refractivity contribution in [3.05, 3.63) is 29.8 Å². The van der Waals surface area contributed by atoms with Gasteiger partial charge in [0.05, 0.1) is 12.1 Å². The van der Waals surface area contributed by atoms with Crippen molar-refractivity contribution in [2.75, 3.05) is 20.2 Å². The molecule has 0 saturated carbocycles. The van der Waals surface area contributed by atoms with Gasteiger partial charge in [0.2, 0.25) is 0 Å². The largest absolute Gasteiger partial charge is 0.573 e. The summed E-state index contributed by atoms with van der Waals surface area (Å²) in [5, 5.41) is 5.85. The molecule has 2 atom stereocenters. The molecule has 0 spiro atoms. The highest BCUT2D eigenvalue weighted by molar-refractivity contribution is 5.94. The van der Waals surface area contributed by atoms with Crippen LogP contribution in [-0.4, -0.2) is 44.6 Å². The Morgan fingerprint density at radius 1 is 1.29 bits per heavy atom. The Morgan fingerprint density at radius 2 is 1.95 bits per heavy atom. The average Bonchev–Trinajstić information content (AvgIpc) is 2.85. The van der Waals surface area contributed by atoms with Gasteiger partial charge in [0.15, 0.2) is 0 Å². The van der Waals surface area contributed by atoms with Gasteiger partial charge < -0.3 is 20.1 Å². The van der Waals surface area contributed by atoms with E-state index in [4.69, 9.17) is 4.74 Å². The molecule has 0 bridgehead atoms. The molecule has 1 aliphatic heterocycles. The quantitative estimate of drug-likeness (QED) is 0.880. The van der Waals surface area contributed by atoms with Crippen LogP contribution in [0.5, 0.6) is 5.75 Å². The van der Waals surface area contributed by atoms with E-state index in [1.807, 2.05) is 0 Å². The van der Waals surface area contributed by atoms with Crippen molar-refractivity contribution >= 4 is 5.91 Å². The fourth-order valence-corrected chi connectivity index (χ4v) is 2.11. The van der Waals surface area contributed by atoms with E-state index in [0.29, 0.717) is 13.1 Å². The number of hydrogen-bond donors (Lipinski definition) is 2. The van der Waals surface area contributed by atoms with Crippen LogP contribution in [0.3, 0.4) is 0 Å². The standard InChI is InChI=1S/C13H15F3N2O3/c1-20-11-7-17-6-10(11)18-12(19)8-2-4-9(5-3-8)21-13(14,15)16/h2-5,10-11,17H,6-7H2,1H3,(H,18,19)/t10?,11-/m0/s1. The molecule has 0 radical (unpaired) electrons. The first-order valence-corrected chi connectivity index (χ1v) is 6.29. The third-order valence-corrected chi connectivity index (χ3v) is 3.13. The van der Waals surface area contributed by atoms with E-state index < -0.39 is 6.36 Å². The predicted molar refractivity (Wildman–Crippen MR) is 68.0 cm³/mol. The van der Waals surface area contributed by atoms with Crippen LogP contribution in [0.25, 0.3) is 0 Å². The number of halogens is 3. The van der Waals surface area contributed by atoms with Gasteiger partial charge >= 0.3 is 6.36 Å². The lowest BCUT2D eigenvalue weighted by Crippen LogP contribution is -2.43. The first kappa shape index (κ1) is 15.6. The van der Waals surface area contributed by atoms with Crippen molar-refractivity contribution in [2.24, 2.45) is 0 Å². The topological polar surface area (TPSA) is 59.6 Å². The minimum absolute atomic E-state index is 0.123. The second-order valence-electron chi connectivity index (χ2n) is 4.58. The Kier molecular flexibility index (Phi) is 4.69. The summed E-state index contributed by atoms with van der Waals surface area (Å²) in [5.74, 6) is -0.736. The number of rotatable bonds is 4. The van der Waals surface area contributed by atoms with Crippen molar-refractivity contribution in [3.8, 4) is 5.75 Å². The Labute approximate surface area is 119 Å². The second kappa shape index (κ2) is 6.31. The predicted octanol–water partition coefficient (Wildman–Crippen LogP) is 1.30. The van der Waals surface area contributed by atoms with Gasteiger partial charge in [-0.1, -0.05) is 0 Å². The third kappa shape index (κ3) is 4.33. The van der Waals surface area contributed by atoms with Crippen LogP contribution < -0.4 is 15.4 Å². The lowest BCUT2D eigenvalue weighted by atomic mass is 10.1. The summed E-state index contributed by atoms with van der Waals surface area (Å²) in [7, 11) is 1.56. The molecule has 2 rings (SSSR count). The molecule has 1 unspecified atom stereocenters. The van der Waals surface area contributed by atoms with E-state index in [1.54, 1.807) is 7.11 Å². The van der Waals surface area contributed by atoms with Crippen LogP contribution >= 0.6 is 0 Å². The van der Waals surface area contributed by atoms with Gasteiger partial charge in [-0.15, -0.1) is 13.2 Å². The molecule has 8 heteroatoms. The van der Waals surface area contributed by atoms with Gasteiger partial charge in [-0.2, -0.15) is 0 Å². The highest BCUT2D eigenvalue weighted by Gasteiger charge is 2.31. The number of methoxy groups -OCH3 is 1. The van der Waals surface area contributed by atoms with E-state index in [1.165, 1.54) is 12.1 Å². The second-order valence-corrected chi connectivity index (χ2v) is 4.58. The number of hydrogen-bond acceptors (Lipinski definition) is 4. The highest BCUT2D eigenvalue weighted by Crippen LogP contribution is 2.22. The van der Waals surface area contributed by atoms with E-state index in [0.717, 1.165) is 12.1 Å². The van der Waals surface area contributed by atoms with Crippen molar-refractivity contribution < 1.29 is 27.4 Å². The van der Waals surface area contributed by atoms with Crippen LogP contribution in [0.15, 0.2) is 24.3 Å². The molecule has 1 amide bonds. The fourth-order valence-electron chi connectivity index (χ4n) is 2.11. The van der Waals surface area contributed by atoms with Crippen LogP contribution in [-0.2, 0) is 4.74 Å². The molecule has 21 heavy (non-hydrogen) atoms. The summed E-state index contributed by atoms with van der Waals surface area (Å²) in [5.41, 5.74) is 0.256. The molecule has 1 heterocycles. The van der Waals surface area contributed by atoms with Crippen molar-refractivity contribution in [1.82, 2.24) is 10.6 Å². The summed E-state index contributed by atoms with van der Waals surface area (Å²) >= 11 is 0. The van der Waals surface area contributed by atoms with Gasteiger partial charge in [-0.3, -0.25) is 4.79 Å². The third-order valence-electron chi connectivity index (χ3n) is 3.13. The molecule has 1 aromatic rings. The minimum Gasteiger partial charge on any atom is -0.406 e. The Hall–Kier alpha value is -1.80. The fraction of sp³-hybridized carbons (Fsp3) is 0.462. The maximum Gasteiger partial charge on any atom is 0.573 e. The van der Waals surface area contributed by atoms with Crippen LogP contribution in [0.2, 0.25) is 0 Å². The Balaban J connectivity index is 1.97. The molecule has 116 valence electrons. The molecule has 0 aliphatic carbocycles. The molecule has 5 nitrogen and oxygen atoms in total. The number of ether oxygens (including phenoxy) is 2. The molecular weight excluding hydrogens is 289 g/mol. The first-order valence-electron chi connectivity index (χ1n) is 6.29. The molecule has 2 N–H and O–H groups in total. The highest BCUT2D eigenvalue weighted by atomic mass is 19.4. The molecule has 1 saturated heterocycles. The smallest absolute Gasteiger partial charge is 0.406 e. The summed E-state index contributed by atoms with van der Waals surface area (Å²) < 4.78 is 45.0. The lowest BCUT2D eigenvalue weighted by Gasteiger charge is -2.18. The van der Waals surface area contributed by atoms with Crippen molar-refractivity contribution in [1.29, 1.82) is 0 Å². The van der Waals surface area contributed by atoms with Gasteiger partial charge in [-0.05, 0) is 24.3 Å². The zero-order chi connectivity index (χ0) is 15.5. The number of carbonyl (C=O) groups excluding carboxylic acids is 1. The number of amides is 1. The molecule has 1 fully saturated rings. The summed E-state index contributed by atoms with van der Waals surface area (Å²) in [6, 6.07) is 4.58. The SMILES string of the molecule is CO[C@H]1CNCC1NC(=O)c1ccc(OC(F)(F)F)cc1.